The van der Waals surface area contributed by atoms with Gasteiger partial charge in [0, 0.05) is 5.57 Å². The van der Waals surface area contributed by atoms with Crippen LogP contribution >= 0.6 is 0 Å². The maximum atomic E-state index is 12.5. The predicted molar refractivity (Wildman–Crippen MR) is 77.0 cm³/mol. The van der Waals surface area contributed by atoms with Crippen molar-refractivity contribution in [3.8, 4) is 0 Å². The minimum Gasteiger partial charge on any atom is -0.480 e. The molecule has 0 aromatic heterocycles. The summed E-state index contributed by atoms with van der Waals surface area (Å²) in [7, 11) is -4.02. The molecule has 0 bridgehead atoms. The maximum absolute atomic E-state index is 12.5. The fourth-order valence-electron chi connectivity index (χ4n) is 2.87. The smallest absolute Gasteiger partial charge is 0.324 e. The molecule has 0 aliphatic heterocycles. The number of hydrogen-bond acceptors (Lipinski definition) is 4. The molecule has 0 unspecified atom stereocenters. The van der Waals surface area contributed by atoms with Gasteiger partial charge in [0.2, 0.25) is 10.0 Å². The molecular formula is C14H19NO5S. The molecule has 6 nitrogen and oxygen atoms in total. The van der Waals surface area contributed by atoms with Crippen molar-refractivity contribution < 1.29 is 23.1 Å². The normalized spacial score (nSPS) is 22.1. The van der Waals surface area contributed by atoms with Crippen LogP contribution in [0.25, 0.3) is 0 Å². The lowest BCUT2D eigenvalue weighted by Gasteiger charge is -2.34. The second kappa shape index (κ2) is 6.11. The van der Waals surface area contributed by atoms with Gasteiger partial charge in [0.25, 0.3) is 0 Å². The zero-order valence-corrected chi connectivity index (χ0v) is 12.5. The van der Waals surface area contributed by atoms with Crippen molar-refractivity contribution >= 4 is 22.3 Å². The van der Waals surface area contributed by atoms with Crippen LogP contribution in [-0.2, 0) is 19.6 Å². The van der Waals surface area contributed by atoms with Crippen LogP contribution in [0.2, 0.25) is 0 Å². The van der Waals surface area contributed by atoms with Gasteiger partial charge in [-0.05, 0) is 31.8 Å². The van der Waals surface area contributed by atoms with Crippen molar-refractivity contribution in [2.75, 3.05) is 0 Å². The SMILES string of the molecule is O=CC1=C(S(=O)(=O)NC2(C(=O)O)CCCCC2)C=CCC1. The Bertz CT molecular complexity index is 597. The molecule has 0 heterocycles. The van der Waals surface area contributed by atoms with Crippen molar-refractivity contribution in [3.05, 3.63) is 22.6 Å². The number of rotatable bonds is 5. The Labute approximate surface area is 124 Å². The molecule has 2 N–H and O–H groups in total. The summed E-state index contributed by atoms with van der Waals surface area (Å²) in [6.07, 6.45) is 7.35. The summed E-state index contributed by atoms with van der Waals surface area (Å²) in [5.74, 6) is -1.15. The Kier molecular flexibility index (Phi) is 4.63. The Morgan fingerprint density at radius 2 is 1.95 bits per heavy atom. The molecule has 2 aliphatic rings. The number of hydrogen-bond donors (Lipinski definition) is 2. The van der Waals surface area contributed by atoms with Gasteiger partial charge in [-0.15, -0.1) is 0 Å². The molecular weight excluding hydrogens is 294 g/mol. The Balaban J connectivity index is 2.35. The van der Waals surface area contributed by atoms with E-state index in [0.29, 0.717) is 32.0 Å². The fourth-order valence-corrected chi connectivity index (χ4v) is 4.55. The van der Waals surface area contributed by atoms with Crippen LogP contribution in [0, 0.1) is 0 Å². The number of carboxylic acid groups (broad SMARTS) is 1. The van der Waals surface area contributed by atoms with Gasteiger partial charge < -0.3 is 5.11 Å². The van der Waals surface area contributed by atoms with Crippen LogP contribution in [0.1, 0.15) is 44.9 Å². The number of nitrogens with one attached hydrogen (secondary N) is 1. The summed E-state index contributed by atoms with van der Waals surface area (Å²) in [6.45, 7) is 0. The van der Waals surface area contributed by atoms with Gasteiger partial charge in [-0.3, -0.25) is 9.59 Å². The highest BCUT2D eigenvalue weighted by atomic mass is 32.2. The van der Waals surface area contributed by atoms with Gasteiger partial charge in [-0.1, -0.05) is 25.3 Å². The van der Waals surface area contributed by atoms with Crippen molar-refractivity contribution in [3.63, 3.8) is 0 Å². The minimum absolute atomic E-state index is 0.102. The minimum atomic E-state index is -4.02. The number of allylic oxidation sites excluding steroid dienone is 3. The number of carbonyl (C=O) groups is 2. The predicted octanol–water partition coefficient (Wildman–Crippen LogP) is 1.50. The van der Waals surface area contributed by atoms with Gasteiger partial charge in [-0.25, -0.2) is 8.42 Å². The number of carbonyl (C=O) groups excluding carboxylic acids is 1. The lowest BCUT2D eigenvalue weighted by Crippen LogP contribution is -2.55. The van der Waals surface area contributed by atoms with Gasteiger partial charge >= 0.3 is 5.97 Å². The van der Waals surface area contributed by atoms with E-state index in [1.165, 1.54) is 6.08 Å². The van der Waals surface area contributed by atoms with E-state index >= 15 is 0 Å². The lowest BCUT2D eigenvalue weighted by molar-refractivity contribution is -0.145. The lowest BCUT2D eigenvalue weighted by atomic mass is 9.83. The van der Waals surface area contributed by atoms with E-state index in [1.807, 2.05) is 0 Å². The molecule has 7 heteroatoms. The first-order chi connectivity index (χ1) is 9.91. The van der Waals surface area contributed by atoms with Crippen molar-refractivity contribution in [1.29, 1.82) is 0 Å². The molecule has 0 saturated heterocycles. The molecule has 0 spiro atoms. The molecule has 21 heavy (non-hydrogen) atoms. The van der Waals surface area contributed by atoms with Gasteiger partial charge in [0.05, 0.1) is 4.91 Å². The largest absolute Gasteiger partial charge is 0.480 e. The molecule has 2 aliphatic carbocycles. The quantitative estimate of drug-likeness (QED) is 0.749. The molecule has 0 radical (unpaired) electrons. The maximum Gasteiger partial charge on any atom is 0.324 e. The Hall–Kier alpha value is -1.47. The fraction of sp³-hybridized carbons (Fsp3) is 0.571. The van der Waals surface area contributed by atoms with Crippen LogP contribution < -0.4 is 4.72 Å². The number of sulfonamides is 1. The highest BCUT2D eigenvalue weighted by Crippen LogP contribution is 2.31. The Morgan fingerprint density at radius 3 is 2.52 bits per heavy atom. The van der Waals surface area contributed by atoms with E-state index in [0.717, 1.165) is 6.42 Å². The third-order valence-electron chi connectivity index (χ3n) is 4.04. The number of aliphatic carboxylic acids is 1. The topological polar surface area (TPSA) is 101 Å². The summed E-state index contributed by atoms with van der Waals surface area (Å²) in [4.78, 5) is 22.5. The summed E-state index contributed by atoms with van der Waals surface area (Å²) >= 11 is 0. The van der Waals surface area contributed by atoms with E-state index in [9.17, 15) is 23.1 Å². The van der Waals surface area contributed by atoms with Gasteiger partial charge in [0.15, 0.2) is 0 Å². The third kappa shape index (κ3) is 3.24. The first kappa shape index (κ1) is 15.9. The first-order valence-electron chi connectivity index (χ1n) is 7.03. The van der Waals surface area contributed by atoms with Gasteiger partial charge in [0.1, 0.15) is 11.8 Å². The van der Waals surface area contributed by atoms with Crippen molar-refractivity contribution in [1.82, 2.24) is 4.72 Å². The average molecular weight is 313 g/mol. The van der Waals surface area contributed by atoms with E-state index in [-0.39, 0.29) is 23.3 Å². The molecule has 0 atom stereocenters. The van der Waals surface area contributed by atoms with Crippen LogP contribution in [0.15, 0.2) is 22.6 Å². The van der Waals surface area contributed by atoms with E-state index in [4.69, 9.17) is 0 Å². The van der Waals surface area contributed by atoms with E-state index in [1.54, 1.807) is 6.08 Å². The molecule has 116 valence electrons. The molecule has 0 aromatic carbocycles. The summed E-state index contributed by atoms with van der Waals surface area (Å²) < 4.78 is 27.3. The van der Waals surface area contributed by atoms with Crippen molar-refractivity contribution in [2.45, 2.75) is 50.5 Å². The van der Waals surface area contributed by atoms with Gasteiger partial charge in [-0.2, -0.15) is 4.72 Å². The van der Waals surface area contributed by atoms with Crippen LogP contribution in [-0.4, -0.2) is 31.3 Å². The van der Waals surface area contributed by atoms with Crippen LogP contribution in [0.5, 0.6) is 0 Å². The standard InChI is InChI=1S/C14H19NO5S/c16-10-11-6-2-3-7-12(11)21(19,20)15-14(13(17)18)8-4-1-5-9-14/h3,7,10,15H,1-2,4-6,8-9H2,(H,17,18). The second-order valence-corrected chi connectivity index (χ2v) is 7.15. The van der Waals surface area contributed by atoms with E-state index in [2.05, 4.69) is 4.72 Å². The molecule has 1 saturated carbocycles. The summed E-state index contributed by atoms with van der Waals surface area (Å²) in [5.41, 5.74) is -1.26. The highest BCUT2D eigenvalue weighted by molar-refractivity contribution is 7.93. The van der Waals surface area contributed by atoms with Crippen LogP contribution in [0.3, 0.4) is 0 Å². The molecule has 0 amide bonds. The molecule has 1 fully saturated rings. The molecule has 2 rings (SSSR count). The number of aldehydes is 1. The Morgan fingerprint density at radius 1 is 1.29 bits per heavy atom. The number of carboxylic acids is 1. The summed E-state index contributed by atoms with van der Waals surface area (Å²) in [5, 5.41) is 9.44. The average Bonchev–Trinajstić information content (AvgIpc) is 2.47. The first-order valence-corrected chi connectivity index (χ1v) is 8.52. The van der Waals surface area contributed by atoms with E-state index < -0.39 is 21.5 Å². The van der Waals surface area contributed by atoms with Crippen molar-refractivity contribution in [2.24, 2.45) is 0 Å². The molecule has 0 aromatic rings. The third-order valence-corrected chi connectivity index (χ3v) is 5.68. The zero-order valence-electron chi connectivity index (χ0n) is 11.7. The highest BCUT2D eigenvalue weighted by Gasteiger charge is 2.43. The second-order valence-electron chi connectivity index (χ2n) is 5.50. The summed E-state index contributed by atoms with van der Waals surface area (Å²) in [6, 6.07) is 0. The monoisotopic (exact) mass is 313 g/mol. The zero-order chi connectivity index (χ0) is 15.5. The van der Waals surface area contributed by atoms with Crippen LogP contribution in [0.4, 0.5) is 0 Å².